The molecule has 1 aromatic carbocycles. The Hall–Kier alpha value is -1.48. The van der Waals surface area contributed by atoms with E-state index in [0.717, 1.165) is 18.7 Å². The monoisotopic (exact) mass is 292 g/mol. The molecule has 1 aromatic rings. The van der Waals surface area contributed by atoms with Crippen molar-refractivity contribution in [3.63, 3.8) is 0 Å². The lowest BCUT2D eigenvalue weighted by atomic mass is 10.0. The van der Waals surface area contributed by atoms with Crippen molar-refractivity contribution in [2.24, 2.45) is 0 Å². The second-order valence-electron chi connectivity index (χ2n) is 6.04. The van der Waals surface area contributed by atoms with Crippen molar-refractivity contribution in [1.29, 1.82) is 5.26 Å². The molecule has 1 aliphatic heterocycles. The number of hydrogen-bond acceptors (Lipinski definition) is 4. The Morgan fingerprint density at radius 2 is 2.29 bits per heavy atom. The molecule has 0 spiro atoms. The molecule has 1 heterocycles. The molecule has 0 bridgehead atoms. The molecule has 1 aliphatic rings. The molecule has 4 nitrogen and oxygen atoms in total. The summed E-state index contributed by atoms with van der Waals surface area (Å²) in [5.41, 5.74) is 0.962. The highest BCUT2D eigenvalue weighted by atomic mass is 19.1. The maximum Gasteiger partial charge on any atom is 0.124 e. The average molecular weight is 292 g/mol. The Morgan fingerprint density at radius 3 is 2.95 bits per heavy atom. The van der Waals surface area contributed by atoms with Gasteiger partial charge in [-0.2, -0.15) is 5.26 Å². The SMILES string of the molecule is COC[C@@H]1CN(Cc2ccc(F)cc2C#N)CC(C)(C)O1. The molecule has 1 saturated heterocycles. The van der Waals surface area contributed by atoms with E-state index in [4.69, 9.17) is 14.7 Å². The van der Waals surface area contributed by atoms with E-state index in [1.165, 1.54) is 12.1 Å². The van der Waals surface area contributed by atoms with E-state index in [9.17, 15) is 4.39 Å². The number of morpholine rings is 1. The van der Waals surface area contributed by atoms with Crippen LogP contribution in [-0.2, 0) is 16.0 Å². The van der Waals surface area contributed by atoms with Crippen molar-refractivity contribution in [3.05, 3.63) is 35.1 Å². The summed E-state index contributed by atoms with van der Waals surface area (Å²) in [6.45, 7) is 6.72. The predicted molar refractivity (Wildman–Crippen MR) is 77.2 cm³/mol. The van der Waals surface area contributed by atoms with E-state index in [1.807, 2.05) is 13.8 Å². The van der Waals surface area contributed by atoms with Gasteiger partial charge in [0, 0.05) is 26.7 Å². The lowest BCUT2D eigenvalue weighted by molar-refractivity contribution is -0.154. The van der Waals surface area contributed by atoms with Crippen LogP contribution < -0.4 is 0 Å². The molecule has 0 aliphatic carbocycles. The van der Waals surface area contributed by atoms with Gasteiger partial charge in [-0.15, -0.1) is 0 Å². The fourth-order valence-corrected chi connectivity index (χ4v) is 2.84. The van der Waals surface area contributed by atoms with Crippen LogP contribution >= 0.6 is 0 Å². The molecule has 114 valence electrons. The van der Waals surface area contributed by atoms with E-state index in [1.54, 1.807) is 13.2 Å². The second-order valence-corrected chi connectivity index (χ2v) is 6.04. The highest BCUT2D eigenvalue weighted by molar-refractivity contribution is 5.37. The molecule has 0 N–H and O–H groups in total. The quantitative estimate of drug-likeness (QED) is 0.854. The van der Waals surface area contributed by atoms with Gasteiger partial charge in [-0.05, 0) is 31.5 Å². The lowest BCUT2D eigenvalue weighted by Crippen LogP contribution is -2.53. The summed E-state index contributed by atoms with van der Waals surface area (Å²) in [6.07, 6.45) is 0.00438. The maximum atomic E-state index is 13.2. The first kappa shape index (κ1) is 15.9. The van der Waals surface area contributed by atoms with Crippen molar-refractivity contribution in [2.45, 2.75) is 32.1 Å². The largest absolute Gasteiger partial charge is 0.382 e. The van der Waals surface area contributed by atoms with E-state index in [-0.39, 0.29) is 17.5 Å². The fourth-order valence-electron chi connectivity index (χ4n) is 2.84. The highest BCUT2D eigenvalue weighted by Crippen LogP contribution is 2.23. The Morgan fingerprint density at radius 1 is 1.52 bits per heavy atom. The second kappa shape index (κ2) is 6.52. The first-order valence-corrected chi connectivity index (χ1v) is 7.01. The number of ether oxygens (including phenoxy) is 2. The van der Waals surface area contributed by atoms with Crippen molar-refractivity contribution in [2.75, 3.05) is 26.8 Å². The van der Waals surface area contributed by atoms with Crippen LogP contribution in [0.25, 0.3) is 0 Å². The third-order valence-electron chi connectivity index (χ3n) is 3.49. The smallest absolute Gasteiger partial charge is 0.124 e. The zero-order chi connectivity index (χ0) is 15.5. The van der Waals surface area contributed by atoms with Gasteiger partial charge < -0.3 is 9.47 Å². The number of methoxy groups -OCH3 is 1. The van der Waals surface area contributed by atoms with Gasteiger partial charge in [0.15, 0.2) is 0 Å². The van der Waals surface area contributed by atoms with Gasteiger partial charge >= 0.3 is 0 Å². The molecule has 0 radical (unpaired) electrons. The summed E-state index contributed by atoms with van der Waals surface area (Å²) in [7, 11) is 1.66. The Kier molecular flexibility index (Phi) is 4.94. The topological polar surface area (TPSA) is 45.5 Å². The Balaban J connectivity index is 2.13. The summed E-state index contributed by atoms with van der Waals surface area (Å²) in [6, 6.07) is 6.43. The molecular formula is C16H21FN2O2. The van der Waals surface area contributed by atoms with Crippen LogP contribution in [-0.4, -0.2) is 43.4 Å². The van der Waals surface area contributed by atoms with Gasteiger partial charge in [-0.1, -0.05) is 6.07 Å². The number of rotatable bonds is 4. The van der Waals surface area contributed by atoms with Gasteiger partial charge in [-0.3, -0.25) is 4.90 Å². The summed E-state index contributed by atoms with van der Waals surface area (Å²) in [4.78, 5) is 2.22. The van der Waals surface area contributed by atoms with Crippen molar-refractivity contribution < 1.29 is 13.9 Å². The van der Waals surface area contributed by atoms with E-state index < -0.39 is 0 Å². The minimum absolute atomic E-state index is 0.00438. The van der Waals surface area contributed by atoms with Crippen molar-refractivity contribution in [3.8, 4) is 6.07 Å². The minimum atomic E-state index is -0.380. The molecule has 1 atom stereocenters. The van der Waals surface area contributed by atoms with Gasteiger partial charge in [0.25, 0.3) is 0 Å². The maximum absolute atomic E-state index is 13.2. The molecule has 0 amide bonds. The molecule has 0 unspecified atom stereocenters. The van der Waals surface area contributed by atoms with Crippen LogP contribution in [0.2, 0.25) is 0 Å². The summed E-state index contributed by atoms with van der Waals surface area (Å²) in [5, 5.41) is 9.13. The number of halogens is 1. The standard InChI is InChI=1S/C16H21FN2O2/c1-16(2)11-19(9-15(21-16)10-20-3)8-12-4-5-14(17)6-13(12)7-18/h4-6,15H,8-11H2,1-3H3/t15-/m0/s1. The normalized spacial score (nSPS) is 22.0. The molecule has 2 rings (SSSR count). The molecule has 0 saturated carbocycles. The van der Waals surface area contributed by atoms with Gasteiger partial charge in [-0.25, -0.2) is 4.39 Å². The van der Waals surface area contributed by atoms with Crippen LogP contribution in [0, 0.1) is 17.1 Å². The number of hydrogen-bond donors (Lipinski definition) is 0. The van der Waals surface area contributed by atoms with Crippen LogP contribution in [0.1, 0.15) is 25.0 Å². The van der Waals surface area contributed by atoms with Gasteiger partial charge in [0.2, 0.25) is 0 Å². The number of nitrogens with zero attached hydrogens (tertiary/aromatic N) is 2. The first-order valence-electron chi connectivity index (χ1n) is 7.01. The zero-order valence-corrected chi connectivity index (χ0v) is 12.7. The minimum Gasteiger partial charge on any atom is -0.382 e. The highest BCUT2D eigenvalue weighted by Gasteiger charge is 2.33. The van der Waals surface area contributed by atoms with Crippen LogP contribution in [0.15, 0.2) is 18.2 Å². The molecule has 0 aromatic heterocycles. The molecule has 21 heavy (non-hydrogen) atoms. The van der Waals surface area contributed by atoms with Crippen LogP contribution in [0.4, 0.5) is 4.39 Å². The fraction of sp³-hybridized carbons (Fsp3) is 0.562. The third kappa shape index (κ3) is 4.24. The summed E-state index contributed by atoms with van der Waals surface area (Å²) >= 11 is 0. The van der Waals surface area contributed by atoms with Crippen molar-refractivity contribution >= 4 is 0 Å². The van der Waals surface area contributed by atoms with E-state index in [2.05, 4.69) is 11.0 Å². The number of benzene rings is 1. The van der Waals surface area contributed by atoms with Gasteiger partial charge in [0.1, 0.15) is 5.82 Å². The zero-order valence-electron chi connectivity index (χ0n) is 12.7. The van der Waals surface area contributed by atoms with Crippen LogP contribution in [0.5, 0.6) is 0 Å². The molecular weight excluding hydrogens is 271 g/mol. The summed E-state index contributed by atoms with van der Waals surface area (Å²) in [5.74, 6) is -0.380. The third-order valence-corrected chi connectivity index (χ3v) is 3.49. The molecule has 1 fully saturated rings. The average Bonchev–Trinajstić information content (AvgIpc) is 2.39. The lowest BCUT2D eigenvalue weighted by Gasteiger charge is -2.42. The Bertz CT molecular complexity index is 540. The number of nitriles is 1. The summed E-state index contributed by atoms with van der Waals surface area (Å²) < 4.78 is 24.3. The first-order chi connectivity index (χ1) is 9.93. The van der Waals surface area contributed by atoms with E-state index in [0.29, 0.717) is 18.7 Å². The van der Waals surface area contributed by atoms with Crippen molar-refractivity contribution in [1.82, 2.24) is 4.90 Å². The predicted octanol–water partition coefficient (Wildman–Crippen LogP) is 2.32. The van der Waals surface area contributed by atoms with Crippen LogP contribution in [0.3, 0.4) is 0 Å². The molecule has 5 heteroatoms. The van der Waals surface area contributed by atoms with Gasteiger partial charge in [0.05, 0.1) is 29.9 Å². The Labute approximate surface area is 125 Å². The van der Waals surface area contributed by atoms with E-state index >= 15 is 0 Å².